The Hall–Kier alpha value is -0.505. The van der Waals surface area contributed by atoms with E-state index in [0.717, 1.165) is 0 Å². The van der Waals surface area contributed by atoms with E-state index in [0.29, 0.717) is 18.3 Å². The lowest BCUT2D eigenvalue weighted by Crippen LogP contribution is -2.19. The molecule has 0 fully saturated rings. The van der Waals surface area contributed by atoms with Crippen LogP contribution < -0.4 is 0 Å². The number of hydrogen-bond donors (Lipinski definition) is 1. The molecule has 1 N–H and O–H groups in total. The fraction of sp³-hybridized carbons (Fsp3) is 0.800. The standard InChI is InChI=1S/C5H10BNO2/c1-4(2)5-7-3-6(8)9-5/h4,8H,3H2,1-2H3. The van der Waals surface area contributed by atoms with Crippen LogP contribution in [0.3, 0.4) is 0 Å². The lowest BCUT2D eigenvalue weighted by Gasteiger charge is -2.04. The highest BCUT2D eigenvalue weighted by Crippen LogP contribution is 2.06. The third kappa shape index (κ3) is 1.45. The van der Waals surface area contributed by atoms with E-state index in [1.807, 2.05) is 13.8 Å². The third-order valence-corrected chi connectivity index (χ3v) is 1.15. The van der Waals surface area contributed by atoms with Crippen molar-refractivity contribution in [2.45, 2.75) is 13.8 Å². The van der Waals surface area contributed by atoms with Crippen molar-refractivity contribution < 1.29 is 9.68 Å². The van der Waals surface area contributed by atoms with Crippen molar-refractivity contribution in [1.82, 2.24) is 0 Å². The Labute approximate surface area is 54.9 Å². The molecule has 3 nitrogen and oxygen atoms in total. The van der Waals surface area contributed by atoms with Gasteiger partial charge in [-0.1, -0.05) is 13.8 Å². The first kappa shape index (κ1) is 6.61. The van der Waals surface area contributed by atoms with E-state index < -0.39 is 7.12 Å². The van der Waals surface area contributed by atoms with Gasteiger partial charge in [0.25, 0.3) is 0 Å². The number of hydrogen-bond acceptors (Lipinski definition) is 3. The van der Waals surface area contributed by atoms with Crippen LogP contribution in [0.2, 0.25) is 0 Å². The fourth-order valence-electron chi connectivity index (χ4n) is 0.701. The molecular formula is C5H10BNO2. The Bertz CT molecular complexity index is 135. The molecule has 0 spiro atoms. The van der Waals surface area contributed by atoms with Gasteiger partial charge in [0.05, 0.1) is 6.44 Å². The summed E-state index contributed by atoms with van der Waals surface area (Å²) in [7, 11) is -0.692. The first-order valence-corrected chi connectivity index (χ1v) is 3.09. The van der Waals surface area contributed by atoms with Crippen LogP contribution in [0.1, 0.15) is 13.8 Å². The van der Waals surface area contributed by atoms with Gasteiger partial charge in [0.1, 0.15) is 0 Å². The second-order valence-corrected chi connectivity index (χ2v) is 2.41. The van der Waals surface area contributed by atoms with E-state index in [1.165, 1.54) is 0 Å². The van der Waals surface area contributed by atoms with Gasteiger partial charge in [-0.2, -0.15) is 0 Å². The summed E-state index contributed by atoms with van der Waals surface area (Å²) in [6.45, 7) is 3.97. The largest absolute Gasteiger partial charge is 0.546 e. The minimum atomic E-state index is -0.692. The van der Waals surface area contributed by atoms with Crippen molar-refractivity contribution >= 4 is 13.0 Å². The van der Waals surface area contributed by atoms with Crippen LogP contribution in [0, 0.1) is 5.92 Å². The predicted molar refractivity (Wildman–Crippen MR) is 36.2 cm³/mol. The third-order valence-electron chi connectivity index (χ3n) is 1.15. The molecule has 0 atom stereocenters. The van der Waals surface area contributed by atoms with Crippen LogP contribution in [0.4, 0.5) is 0 Å². The zero-order chi connectivity index (χ0) is 6.85. The van der Waals surface area contributed by atoms with E-state index in [9.17, 15) is 0 Å². The van der Waals surface area contributed by atoms with Gasteiger partial charge in [0.2, 0.25) is 0 Å². The smallest absolute Gasteiger partial charge is 0.524 e. The average Bonchev–Trinajstić information content (AvgIpc) is 2.14. The molecule has 0 saturated carbocycles. The maximum Gasteiger partial charge on any atom is 0.546 e. The molecule has 0 bridgehead atoms. The Balaban J connectivity index is 2.45. The van der Waals surface area contributed by atoms with Gasteiger partial charge in [0, 0.05) is 5.92 Å². The van der Waals surface area contributed by atoms with E-state index in [1.54, 1.807) is 0 Å². The van der Waals surface area contributed by atoms with Crippen molar-refractivity contribution in [3.8, 4) is 0 Å². The van der Waals surface area contributed by atoms with E-state index in [-0.39, 0.29) is 0 Å². The summed E-state index contributed by atoms with van der Waals surface area (Å²) in [5.74, 6) is 0.963. The number of rotatable bonds is 1. The van der Waals surface area contributed by atoms with Crippen molar-refractivity contribution in [1.29, 1.82) is 0 Å². The van der Waals surface area contributed by atoms with Crippen LogP contribution >= 0.6 is 0 Å². The van der Waals surface area contributed by atoms with Crippen LogP contribution in [-0.2, 0) is 4.65 Å². The highest BCUT2D eigenvalue weighted by molar-refractivity contribution is 6.47. The molecule has 0 aromatic carbocycles. The summed E-state index contributed by atoms with van der Waals surface area (Å²) in [6.07, 6.45) is 0.396. The zero-order valence-corrected chi connectivity index (χ0v) is 5.66. The maximum absolute atomic E-state index is 8.81. The molecule has 4 heteroatoms. The maximum atomic E-state index is 8.81. The fourth-order valence-corrected chi connectivity index (χ4v) is 0.701. The Morgan fingerprint density at radius 1 is 1.78 bits per heavy atom. The quantitative estimate of drug-likeness (QED) is 0.507. The minimum absolute atomic E-state index is 0.294. The van der Waals surface area contributed by atoms with E-state index in [4.69, 9.17) is 9.68 Å². The second-order valence-electron chi connectivity index (χ2n) is 2.41. The van der Waals surface area contributed by atoms with E-state index >= 15 is 0 Å². The first-order chi connectivity index (χ1) is 4.20. The number of aliphatic imine (C=N–C) groups is 1. The lowest BCUT2D eigenvalue weighted by atomic mass is 9.93. The molecule has 50 valence electrons. The van der Waals surface area contributed by atoms with Gasteiger partial charge >= 0.3 is 7.12 Å². The summed E-state index contributed by atoms with van der Waals surface area (Å²) in [4.78, 5) is 3.96. The molecule has 0 amide bonds. The highest BCUT2D eigenvalue weighted by Gasteiger charge is 2.24. The molecule has 0 saturated heterocycles. The average molecular weight is 127 g/mol. The summed E-state index contributed by atoms with van der Waals surface area (Å²) < 4.78 is 4.93. The normalized spacial score (nSPS) is 18.2. The van der Waals surface area contributed by atoms with E-state index in [2.05, 4.69) is 4.99 Å². The summed E-state index contributed by atoms with van der Waals surface area (Å²) >= 11 is 0. The lowest BCUT2D eigenvalue weighted by molar-refractivity contribution is 0.412. The second kappa shape index (κ2) is 2.39. The highest BCUT2D eigenvalue weighted by atomic mass is 16.5. The number of nitrogens with zero attached hydrogens (tertiary/aromatic N) is 1. The van der Waals surface area contributed by atoms with Gasteiger partial charge in [-0.25, -0.2) is 0 Å². The van der Waals surface area contributed by atoms with Gasteiger partial charge in [-0.3, -0.25) is 4.99 Å². The van der Waals surface area contributed by atoms with Crippen molar-refractivity contribution in [2.75, 3.05) is 6.44 Å². The first-order valence-electron chi connectivity index (χ1n) is 3.09. The van der Waals surface area contributed by atoms with Gasteiger partial charge < -0.3 is 9.68 Å². The van der Waals surface area contributed by atoms with Gasteiger partial charge in [-0.05, 0) is 0 Å². The van der Waals surface area contributed by atoms with Crippen LogP contribution in [0.25, 0.3) is 0 Å². The predicted octanol–water partition coefficient (Wildman–Crippen LogP) is 0.0908. The van der Waals surface area contributed by atoms with Gasteiger partial charge in [0.15, 0.2) is 5.90 Å². The minimum Gasteiger partial charge on any atom is -0.524 e. The Kier molecular flexibility index (Phi) is 1.76. The molecule has 0 aromatic heterocycles. The molecule has 0 radical (unpaired) electrons. The molecular weight excluding hydrogens is 117 g/mol. The van der Waals surface area contributed by atoms with Crippen LogP contribution in [0.15, 0.2) is 4.99 Å². The Morgan fingerprint density at radius 3 is 2.67 bits per heavy atom. The molecule has 0 aliphatic carbocycles. The topological polar surface area (TPSA) is 41.8 Å². The van der Waals surface area contributed by atoms with Gasteiger partial charge in [-0.15, -0.1) is 0 Å². The summed E-state index contributed by atoms with van der Waals surface area (Å²) in [6, 6.07) is 0. The molecule has 1 aliphatic rings. The summed E-state index contributed by atoms with van der Waals surface area (Å²) in [5, 5.41) is 8.81. The molecule has 1 aliphatic heterocycles. The summed E-state index contributed by atoms with van der Waals surface area (Å²) in [5.41, 5.74) is 0. The van der Waals surface area contributed by atoms with Crippen molar-refractivity contribution in [2.24, 2.45) is 10.9 Å². The van der Waals surface area contributed by atoms with Crippen LogP contribution in [-0.4, -0.2) is 24.5 Å². The molecule has 1 heterocycles. The molecule has 9 heavy (non-hydrogen) atoms. The van der Waals surface area contributed by atoms with Crippen molar-refractivity contribution in [3.63, 3.8) is 0 Å². The van der Waals surface area contributed by atoms with Crippen molar-refractivity contribution in [3.05, 3.63) is 0 Å². The monoisotopic (exact) mass is 127 g/mol. The zero-order valence-electron chi connectivity index (χ0n) is 5.66. The Morgan fingerprint density at radius 2 is 2.44 bits per heavy atom. The molecule has 0 unspecified atom stereocenters. The van der Waals surface area contributed by atoms with Crippen LogP contribution in [0.5, 0.6) is 0 Å². The molecule has 1 rings (SSSR count). The molecule has 0 aromatic rings. The SMILES string of the molecule is CC(C)C1=NCB(O)O1.